The van der Waals surface area contributed by atoms with Gasteiger partial charge in [-0.15, -0.1) is 0 Å². The maximum Gasteiger partial charge on any atom is 0.152 e. The maximum atomic E-state index is 11.5. The Morgan fingerprint density at radius 1 is 0.895 bits per heavy atom. The zero-order valence-electron chi connectivity index (χ0n) is 10.5. The molecule has 0 aliphatic rings. The third-order valence-electron chi connectivity index (χ3n) is 3.81. The molecule has 0 aliphatic heterocycles. The van der Waals surface area contributed by atoms with Gasteiger partial charge >= 0.3 is 0 Å². The Balaban J connectivity index is 2.45. The summed E-state index contributed by atoms with van der Waals surface area (Å²) in [5.74, 6) is 0. The summed E-state index contributed by atoms with van der Waals surface area (Å²) in [6.45, 7) is 0. The molecule has 2 aromatic carbocycles. The van der Waals surface area contributed by atoms with Crippen LogP contribution in [0, 0.1) is 0 Å². The summed E-state index contributed by atoms with van der Waals surface area (Å²) in [6, 6.07) is 16.2. The van der Waals surface area contributed by atoms with Crippen LogP contribution in [0.2, 0.25) is 0 Å². The second-order valence-electron chi connectivity index (χ2n) is 4.75. The number of hydrogen-bond donors (Lipinski definition) is 0. The van der Waals surface area contributed by atoms with E-state index >= 15 is 0 Å². The highest BCUT2D eigenvalue weighted by Crippen LogP contribution is 2.32. The van der Waals surface area contributed by atoms with Gasteiger partial charge in [0.05, 0.1) is 22.1 Å². The van der Waals surface area contributed by atoms with Crippen molar-refractivity contribution in [2.45, 2.75) is 0 Å². The Bertz CT molecular complexity index is 938. The first kappa shape index (κ1) is 10.4. The Hall–Kier alpha value is -2.55. The first-order valence-corrected chi connectivity index (χ1v) is 6.25. The zero-order chi connectivity index (χ0) is 13.0. The van der Waals surface area contributed by atoms with Crippen LogP contribution in [0.1, 0.15) is 10.4 Å². The molecule has 0 saturated carbocycles. The van der Waals surface area contributed by atoms with Crippen LogP contribution in [0.15, 0.2) is 48.5 Å². The zero-order valence-corrected chi connectivity index (χ0v) is 10.5. The van der Waals surface area contributed by atoms with Crippen molar-refractivity contribution >= 4 is 33.6 Å². The van der Waals surface area contributed by atoms with Crippen LogP contribution in [0.3, 0.4) is 0 Å². The van der Waals surface area contributed by atoms with Crippen molar-refractivity contribution in [3.8, 4) is 0 Å². The molecule has 0 N–H and O–H groups in total. The molecule has 0 unspecified atom stereocenters. The van der Waals surface area contributed by atoms with Crippen molar-refractivity contribution in [1.29, 1.82) is 0 Å². The minimum Gasteiger partial charge on any atom is -0.298 e. The molecule has 0 bridgehead atoms. The van der Waals surface area contributed by atoms with E-state index in [0.29, 0.717) is 0 Å². The van der Waals surface area contributed by atoms with E-state index in [9.17, 15) is 4.79 Å². The average Bonchev–Trinajstić information content (AvgIpc) is 2.94. The van der Waals surface area contributed by atoms with E-state index in [4.69, 9.17) is 0 Å². The van der Waals surface area contributed by atoms with Crippen LogP contribution in [-0.4, -0.2) is 15.5 Å². The highest BCUT2D eigenvalue weighted by atomic mass is 16.1. The van der Waals surface area contributed by atoms with E-state index in [1.165, 1.54) is 0 Å². The number of benzene rings is 2. The summed E-state index contributed by atoms with van der Waals surface area (Å²) < 4.78 is 4.21. The molecule has 0 aliphatic carbocycles. The normalized spacial score (nSPS) is 11.6. The number of aldehydes is 1. The lowest BCUT2D eigenvalue weighted by atomic mass is 10.1. The number of hydrogen-bond acceptors (Lipinski definition) is 1. The number of fused-ring (bicyclic) bond motifs is 5. The van der Waals surface area contributed by atoms with Gasteiger partial charge in [-0.2, -0.15) is 0 Å². The van der Waals surface area contributed by atoms with Crippen molar-refractivity contribution in [3.05, 3.63) is 54.1 Å². The van der Waals surface area contributed by atoms with Gasteiger partial charge in [-0.05, 0) is 12.1 Å². The second-order valence-corrected chi connectivity index (χ2v) is 4.75. The fourth-order valence-electron chi connectivity index (χ4n) is 3.00. The topological polar surface area (TPSA) is 26.4 Å². The molecule has 4 rings (SSSR count). The third kappa shape index (κ3) is 1.14. The third-order valence-corrected chi connectivity index (χ3v) is 3.81. The lowest BCUT2D eigenvalue weighted by molar-refractivity contribution is 0.112. The van der Waals surface area contributed by atoms with E-state index in [1.807, 2.05) is 43.4 Å². The summed E-state index contributed by atoms with van der Waals surface area (Å²) >= 11 is 0. The molecule has 0 spiro atoms. The van der Waals surface area contributed by atoms with Gasteiger partial charge in [0.25, 0.3) is 0 Å². The number of rotatable bonds is 1. The largest absolute Gasteiger partial charge is 0.298 e. The lowest BCUT2D eigenvalue weighted by Crippen LogP contribution is -1.97. The van der Waals surface area contributed by atoms with E-state index in [0.717, 1.165) is 39.2 Å². The van der Waals surface area contributed by atoms with Crippen LogP contribution in [0.25, 0.3) is 27.3 Å². The molecule has 4 aromatic rings. The van der Waals surface area contributed by atoms with Crippen LogP contribution in [0.4, 0.5) is 0 Å². The Morgan fingerprint density at radius 2 is 1.53 bits per heavy atom. The number of carbonyl (C=O) groups is 1. The van der Waals surface area contributed by atoms with Crippen molar-refractivity contribution in [1.82, 2.24) is 9.20 Å². The van der Waals surface area contributed by atoms with Gasteiger partial charge in [-0.3, -0.25) is 14.0 Å². The summed E-state index contributed by atoms with van der Waals surface area (Å²) in [4.78, 5) is 11.5. The fraction of sp³-hybridized carbons (Fsp3) is 0.0625. The van der Waals surface area contributed by atoms with E-state index in [2.05, 4.69) is 21.3 Å². The molecule has 19 heavy (non-hydrogen) atoms. The lowest BCUT2D eigenvalue weighted by Gasteiger charge is -2.00. The molecule has 0 fully saturated rings. The van der Waals surface area contributed by atoms with Crippen LogP contribution in [0.5, 0.6) is 0 Å². The molecule has 0 radical (unpaired) electrons. The second kappa shape index (κ2) is 3.48. The number of aromatic nitrogens is 2. The molecule has 92 valence electrons. The fourth-order valence-corrected chi connectivity index (χ4v) is 3.00. The molecule has 0 amide bonds. The van der Waals surface area contributed by atoms with Crippen molar-refractivity contribution < 1.29 is 4.79 Å². The van der Waals surface area contributed by atoms with Gasteiger partial charge in [0.15, 0.2) is 6.29 Å². The summed E-state index contributed by atoms with van der Waals surface area (Å²) in [5.41, 5.74) is 3.96. The van der Waals surface area contributed by atoms with E-state index in [1.54, 1.807) is 0 Å². The van der Waals surface area contributed by atoms with Crippen molar-refractivity contribution in [2.24, 2.45) is 7.05 Å². The van der Waals surface area contributed by atoms with Gasteiger partial charge in [0, 0.05) is 17.8 Å². The number of nitrogens with zero attached hydrogens (tertiary/aromatic N) is 2. The highest BCUT2D eigenvalue weighted by Gasteiger charge is 2.17. The molecule has 0 saturated heterocycles. The van der Waals surface area contributed by atoms with Gasteiger partial charge in [-0.1, -0.05) is 36.4 Å². The van der Waals surface area contributed by atoms with Crippen molar-refractivity contribution in [3.63, 3.8) is 0 Å². The minimum atomic E-state index is 0.771. The quantitative estimate of drug-likeness (QED) is 0.474. The summed E-state index contributed by atoms with van der Waals surface area (Å²) in [6.07, 6.45) is 0.962. The van der Waals surface area contributed by atoms with E-state index in [-0.39, 0.29) is 0 Å². The molecule has 2 heterocycles. The summed E-state index contributed by atoms with van der Waals surface area (Å²) in [5, 5.41) is 2.12. The van der Waals surface area contributed by atoms with Gasteiger partial charge in [0.1, 0.15) is 0 Å². The average molecular weight is 248 g/mol. The Kier molecular flexibility index (Phi) is 1.90. The molecule has 3 heteroatoms. The Labute approximate surface area is 109 Å². The monoisotopic (exact) mass is 248 g/mol. The first-order valence-electron chi connectivity index (χ1n) is 6.25. The molecule has 2 aromatic heterocycles. The molecular weight excluding hydrogens is 236 g/mol. The molecular formula is C16H12N2O. The predicted molar refractivity (Wildman–Crippen MR) is 76.8 cm³/mol. The van der Waals surface area contributed by atoms with Crippen LogP contribution in [-0.2, 0) is 7.05 Å². The minimum absolute atomic E-state index is 0.771. The van der Waals surface area contributed by atoms with Gasteiger partial charge < -0.3 is 0 Å². The Morgan fingerprint density at radius 3 is 2.26 bits per heavy atom. The molecule has 0 atom stereocenters. The van der Waals surface area contributed by atoms with Gasteiger partial charge in [-0.25, -0.2) is 0 Å². The SMILES string of the molecule is Cn1c2ccccc2c2c(C=O)c3ccccc3n21. The number of aryl methyl sites for hydroxylation is 1. The van der Waals surface area contributed by atoms with Crippen molar-refractivity contribution in [2.75, 3.05) is 0 Å². The standard InChI is InChI=1S/C16H12N2O/c1-17-14-8-4-3-7-12(14)16-13(10-19)11-6-2-5-9-15(11)18(16)17/h2-10H,1H3. The van der Waals surface area contributed by atoms with Crippen LogP contribution < -0.4 is 0 Å². The maximum absolute atomic E-state index is 11.5. The molecule has 3 nitrogen and oxygen atoms in total. The highest BCUT2D eigenvalue weighted by molar-refractivity contribution is 6.14. The summed E-state index contributed by atoms with van der Waals surface area (Å²) in [7, 11) is 2.02. The first-order chi connectivity index (χ1) is 9.33. The smallest absolute Gasteiger partial charge is 0.152 e. The predicted octanol–water partition coefficient (Wildman–Crippen LogP) is 3.40. The number of carbonyl (C=O) groups excluding carboxylic acids is 1. The van der Waals surface area contributed by atoms with E-state index < -0.39 is 0 Å². The van der Waals surface area contributed by atoms with Gasteiger partial charge in [0.2, 0.25) is 0 Å². The number of para-hydroxylation sites is 2. The van der Waals surface area contributed by atoms with Crippen LogP contribution >= 0.6 is 0 Å².